The highest BCUT2D eigenvalue weighted by atomic mass is 32.2. The van der Waals surface area contributed by atoms with Crippen LogP contribution in [0.2, 0.25) is 0 Å². The summed E-state index contributed by atoms with van der Waals surface area (Å²) in [5.41, 5.74) is 1.20. The number of hydrogen-bond donors (Lipinski definition) is 2. The fourth-order valence-corrected chi connectivity index (χ4v) is 5.33. The first-order chi connectivity index (χ1) is 15.0. The van der Waals surface area contributed by atoms with E-state index in [0.717, 1.165) is 10.4 Å². The SMILES string of the molecule is O=C(Cc1cccs1)N[C@@H]1C(=O)N2C(C(=O)O)=C(C=NOCc3ccccc3)CS[C@@H]12. The van der Waals surface area contributed by atoms with Crippen LogP contribution in [0.15, 0.2) is 64.3 Å². The summed E-state index contributed by atoms with van der Waals surface area (Å²) in [5.74, 6) is -1.58. The third kappa shape index (κ3) is 4.64. The molecule has 0 saturated carbocycles. The molecule has 0 unspecified atom stereocenters. The zero-order chi connectivity index (χ0) is 21.8. The number of thiophene rings is 1. The Morgan fingerprint density at radius 3 is 2.77 bits per heavy atom. The topological polar surface area (TPSA) is 108 Å². The second-order valence-electron chi connectivity index (χ2n) is 6.88. The summed E-state index contributed by atoms with van der Waals surface area (Å²) in [6.07, 6.45) is 1.53. The lowest BCUT2D eigenvalue weighted by atomic mass is 10.0. The van der Waals surface area contributed by atoms with Crippen LogP contribution in [-0.4, -0.2) is 51.2 Å². The van der Waals surface area contributed by atoms with Crippen LogP contribution >= 0.6 is 23.1 Å². The van der Waals surface area contributed by atoms with E-state index in [0.29, 0.717) is 11.3 Å². The van der Waals surface area contributed by atoms with Gasteiger partial charge in [-0.2, -0.15) is 0 Å². The van der Waals surface area contributed by atoms with Gasteiger partial charge in [-0.25, -0.2) is 4.79 Å². The molecule has 1 fully saturated rings. The Hall–Kier alpha value is -3.11. The first-order valence-electron chi connectivity index (χ1n) is 9.46. The third-order valence-electron chi connectivity index (χ3n) is 4.79. The highest BCUT2D eigenvalue weighted by Crippen LogP contribution is 2.39. The molecule has 0 bridgehead atoms. The molecule has 1 aromatic carbocycles. The van der Waals surface area contributed by atoms with Crippen molar-refractivity contribution in [3.63, 3.8) is 0 Å². The average Bonchev–Trinajstić information content (AvgIpc) is 3.28. The first kappa shape index (κ1) is 21.1. The van der Waals surface area contributed by atoms with Gasteiger partial charge in [0.05, 0.1) is 12.6 Å². The summed E-state index contributed by atoms with van der Waals surface area (Å²) in [6.45, 7) is 0.254. The van der Waals surface area contributed by atoms with Gasteiger partial charge in [-0.1, -0.05) is 41.6 Å². The molecule has 3 heterocycles. The zero-order valence-electron chi connectivity index (χ0n) is 16.3. The zero-order valence-corrected chi connectivity index (χ0v) is 17.9. The van der Waals surface area contributed by atoms with Crippen molar-refractivity contribution >= 4 is 47.1 Å². The molecule has 1 aromatic heterocycles. The van der Waals surface area contributed by atoms with E-state index < -0.39 is 23.3 Å². The van der Waals surface area contributed by atoms with Crippen molar-refractivity contribution in [2.24, 2.45) is 5.16 Å². The van der Waals surface area contributed by atoms with Crippen LogP contribution in [0.5, 0.6) is 0 Å². The summed E-state index contributed by atoms with van der Waals surface area (Å²) < 4.78 is 0. The van der Waals surface area contributed by atoms with Crippen LogP contribution < -0.4 is 5.32 Å². The minimum atomic E-state index is -1.22. The van der Waals surface area contributed by atoms with E-state index in [1.807, 2.05) is 47.8 Å². The molecule has 0 spiro atoms. The Morgan fingerprint density at radius 1 is 1.26 bits per heavy atom. The van der Waals surface area contributed by atoms with Crippen molar-refractivity contribution in [3.05, 3.63) is 69.6 Å². The van der Waals surface area contributed by atoms with Crippen molar-refractivity contribution < 1.29 is 24.3 Å². The monoisotopic (exact) mass is 457 g/mol. The number of thioether (sulfide) groups is 1. The van der Waals surface area contributed by atoms with E-state index in [9.17, 15) is 19.5 Å². The van der Waals surface area contributed by atoms with Gasteiger partial charge in [0, 0.05) is 16.2 Å². The molecule has 2 N–H and O–H groups in total. The number of nitrogens with zero attached hydrogens (tertiary/aromatic N) is 2. The molecule has 2 atom stereocenters. The third-order valence-corrected chi connectivity index (χ3v) is 6.97. The van der Waals surface area contributed by atoms with Crippen LogP contribution in [0.4, 0.5) is 0 Å². The Morgan fingerprint density at radius 2 is 2.06 bits per heavy atom. The number of rotatable bonds is 8. The number of benzene rings is 1. The van der Waals surface area contributed by atoms with E-state index >= 15 is 0 Å². The van der Waals surface area contributed by atoms with E-state index in [1.54, 1.807) is 0 Å². The number of amides is 2. The van der Waals surface area contributed by atoms with Gasteiger partial charge < -0.3 is 15.3 Å². The average molecular weight is 458 g/mol. The van der Waals surface area contributed by atoms with Gasteiger partial charge in [-0.05, 0) is 17.0 Å². The number of carbonyl (C=O) groups excluding carboxylic acids is 2. The molecule has 10 heteroatoms. The van der Waals surface area contributed by atoms with Gasteiger partial charge in [0.25, 0.3) is 5.91 Å². The maximum atomic E-state index is 12.6. The van der Waals surface area contributed by atoms with Crippen LogP contribution in [0, 0.1) is 0 Å². The maximum absolute atomic E-state index is 12.6. The van der Waals surface area contributed by atoms with Gasteiger partial charge in [-0.15, -0.1) is 23.1 Å². The molecule has 160 valence electrons. The largest absolute Gasteiger partial charge is 0.477 e. The van der Waals surface area contributed by atoms with Gasteiger partial charge in [-0.3, -0.25) is 14.5 Å². The molecule has 31 heavy (non-hydrogen) atoms. The van der Waals surface area contributed by atoms with Crippen LogP contribution in [-0.2, 0) is 32.2 Å². The van der Waals surface area contributed by atoms with Crippen molar-refractivity contribution in [3.8, 4) is 0 Å². The number of oxime groups is 1. The molecular formula is C21H19N3O5S2. The number of carboxylic acid groups (broad SMARTS) is 1. The van der Waals surface area contributed by atoms with Crippen LogP contribution in [0.1, 0.15) is 10.4 Å². The quantitative estimate of drug-likeness (QED) is 0.358. The fraction of sp³-hybridized carbons (Fsp3) is 0.238. The molecule has 8 nitrogen and oxygen atoms in total. The highest BCUT2D eigenvalue weighted by molar-refractivity contribution is 8.00. The lowest BCUT2D eigenvalue weighted by Gasteiger charge is -2.49. The molecule has 0 aliphatic carbocycles. The second-order valence-corrected chi connectivity index (χ2v) is 9.02. The molecular weight excluding hydrogens is 438 g/mol. The molecule has 4 rings (SSSR count). The van der Waals surface area contributed by atoms with E-state index in [1.165, 1.54) is 34.2 Å². The fourth-order valence-electron chi connectivity index (χ4n) is 3.33. The molecule has 2 amide bonds. The molecule has 1 saturated heterocycles. The second kappa shape index (κ2) is 9.36. The summed E-state index contributed by atoms with van der Waals surface area (Å²) in [7, 11) is 0. The summed E-state index contributed by atoms with van der Waals surface area (Å²) >= 11 is 2.85. The van der Waals surface area contributed by atoms with Gasteiger partial charge in [0.1, 0.15) is 23.7 Å². The highest BCUT2D eigenvalue weighted by Gasteiger charge is 2.54. The standard InChI is InChI=1S/C21H19N3O5S2/c25-16(9-15-7-4-8-30-15)23-17-19(26)24-18(21(27)28)14(12-31-20(17)24)10-22-29-11-13-5-2-1-3-6-13/h1-8,10,17,20H,9,11-12H2,(H,23,25)(H,27,28)/t17-,20+/m1/s1. The lowest BCUT2D eigenvalue weighted by molar-refractivity contribution is -0.150. The van der Waals surface area contributed by atoms with E-state index in [4.69, 9.17) is 4.84 Å². The first-order valence-corrected chi connectivity index (χ1v) is 11.4. The normalized spacial score (nSPS) is 20.4. The summed E-state index contributed by atoms with van der Waals surface area (Å²) in [6, 6.07) is 12.4. The molecule has 0 radical (unpaired) electrons. The Labute approximate surface area is 186 Å². The number of β-lactam (4-membered cyclic amide) rings is 1. The Bertz CT molecular complexity index is 1040. The Kier molecular flexibility index (Phi) is 6.38. The van der Waals surface area contributed by atoms with Crippen LogP contribution in [0.3, 0.4) is 0 Å². The summed E-state index contributed by atoms with van der Waals surface area (Å²) in [5, 5.41) is 17.7. The number of hydrogen-bond acceptors (Lipinski definition) is 7. The minimum absolute atomic E-state index is 0.121. The van der Waals surface area contributed by atoms with E-state index in [-0.39, 0.29) is 24.6 Å². The van der Waals surface area contributed by atoms with Crippen molar-refractivity contribution in [1.29, 1.82) is 0 Å². The van der Waals surface area contributed by atoms with Crippen molar-refractivity contribution in [2.45, 2.75) is 24.4 Å². The summed E-state index contributed by atoms with van der Waals surface area (Å²) in [4.78, 5) is 44.1. The minimum Gasteiger partial charge on any atom is -0.477 e. The Balaban J connectivity index is 1.40. The van der Waals surface area contributed by atoms with Gasteiger partial charge in [0.2, 0.25) is 5.91 Å². The van der Waals surface area contributed by atoms with Gasteiger partial charge >= 0.3 is 5.97 Å². The number of carboxylic acids is 1. The lowest BCUT2D eigenvalue weighted by Crippen LogP contribution is -2.70. The predicted octanol–water partition coefficient (Wildman–Crippen LogP) is 2.23. The number of fused-ring (bicyclic) bond motifs is 1. The number of nitrogens with one attached hydrogen (secondary N) is 1. The molecule has 2 aromatic rings. The maximum Gasteiger partial charge on any atom is 0.353 e. The molecule has 2 aliphatic rings. The molecule has 2 aliphatic heterocycles. The predicted molar refractivity (Wildman–Crippen MR) is 117 cm³/mol. The smallest absolute Gasteiger partial charge is 0.353 e. The van der Waals surface area contributed by atoms with Crippen LogP contribution in [0.25, 0.3) is 0 Å². The number of aliphatic carboxylic acids is 1. The number of carbonyl (C=O) groups is 3. The van der Waals surface area contributed by atoms with E-state index in [2.05, 4.69) is 10.5 Å². The van der Waals surface area contributed by atoms with Crippen molar-refractivity contribution in [2.75, 3.05) is 5.75 Å². The van der Waals surface area contributed by atoms with Crippen molar-refractivity contribution in [1.82, 2.24) is 10.2 Å². The van der Waals surface area contributed by atoms with Gasteiger partial charge in [0.15, 0.2) is 0 Å².